The summed E-state index contributed by atoms with van der Waals surface area (Å²) in [4.78, 5) is 0. The monoisotopic (exact) mass is 248 g/mol. The molecule has 0 saturated heterocycles. The first-order chi connectivity index (χ1) is 6.99. The highest BCUT2D eigenvalue weighted by atomic mass is 28.4. The SMILES string of the molecule is CC[Si](OC(C)C)O[Si](CC)OC(C)C. The van der Waals surface area contributed by atoms with E-state index in [2.05, 4.69) is 13.8 Å². The molecule has 5 heteroatoms. The normalized spacial score (nSPS) is 12.4. The van der Waals surface area contributed by atoms with Gasteiger partial charge < -0.3 is 13.0 Å². The molecule has 0 bridgehead atoms. The van der Waals surface area contributed by atoms with Crippen LogP contribution in [0.15, 0.2) is 0 Å². The van der Waals surface area contributed by atoms with Crippen molar-refractivity contribution in [2.24, 2.45) is 0 Å². The van der Waals surface area contributed by atoms with E-state index in [9.17, 15) is 0 Å². The highest BCUT2D eigenvalue weighted by Gasteiger charge is 2.24. The molecule has 0 aliphatic heterocycles. The van der Waals surface area contributed by atoms with Crippen LogP contribution < -0.4 is 0 Å². The van der Waals surface area contributed by atoms with Crippen molar-refractivity contribution in [3.05, 3.63) is 0 Å². The van der Waals surface area contributed by atoms with E-state index in [1.165, 1.54) is 0 Å². The Kier molecular flexibility index (Phi) is 8.64. The minimum absolute atomic E-state index is 0.248. The van der Waals surface area contributed by atoms with Crippen molar-refractivity contribution in [2.75, 3.05) is 0 Å². The summed E-state index contributed by atoms with van der Waals surface area (Å²) in [5.74, 6) is 0. The largest absolute Gasteiger partial charge is 0.413 e. The zero-order valence-corrected chi connectivity index (χ0v) is 12.8. The van der Waals surface area contributed by atoms with Crippen molar-refractivity contribution in [1.82, 2.24) is 0 Å². The summed E-state index contributed by atoms with van der Waals surface area (Å²) in [6.45, 7) is 12.4. The molecule has 0 atom stereocenters. The van der Waals surface area contributed by atoms with Gasteiger partial charge in [-0.1, -0.05) is 13.8 Å². The second kappa shape index (κ2) is 8.46. The number of hydrogen-bond acceptors (Lipinski definition) is 3. The molecule has 0 rings (SSSR count). The second-order valence-corrected chi connectivity index (χ2v) is 8.08. The van der Waals surface area contributed by atoms with Crippen LogP contribution in [-0.4, -0.2) is 30.8 Å². The van der Waals surface area contributed by atoms with Gasteiger partial charge in [0.2, 0.25) is 0 Å². The quantitative estimate of drug-likeness (QED) is 0.618. The highest BCUT2D eigenvalue weighted by molar-refractivity contribution is 6.59. The van der Waals surface area contributed by atoms with Gasteiger partial charge in [-0.25, -0.2) is 0 Å². The summed E-state index contributed by atoms with van der Waals surface area (Å²) in [7, 11) is -2.24. The van der Waals surface area contributed by atoms with Crippen molar-refractivity contribution < 1.29 is 13.0 Å². The molecule has 0 N–H and O–H groups in total. The lowest BCUT2D eigenvalue weighted by molar-refractivity contribution is 0.164. The van der Waals surface area contributed by atoms with E-state index in [-0.39, 0.29) is 12.2 Å². The van der Waals surface area contributed by atoms with Gasteiger partial charge in [-0.2, -0.15) is 0 Å². The van der Waals surface area contributed by atoms with Crippen molar-refractivity contribution in [3.63, 3.8) is 0 Å². The van der Waals surface area contributed by atoms with Gasteiger partial charge in [-0.3, -0.25) is 0 Å². The summed E-state index contributed by atoms with van der Waals surface area (Å²) in [5.41, 5.74) is 0. The van der Waals surface area contributed by atoms with Gasteiger partial charge in [0, 0.05) is 12.2 Å². The molecule has 0 amide bonds. The molecule has 15 heavy (non-hydrogen) atoms. The van der Waals surface area contributed by atoms with Gasteiger partial charge in [-0.15, -0.1) is 0 Å². The Morgan fingerprint density at radius 3 is 1.33 bits per heavy atom. The Hall–Kier alpha value is 0.314. The average Bonchev–Trinajstić information content (AvgIpc) is 2.14. The van der Waals surface area contributed by atoms with Crippen molar-refractivity contribution in [2.45, 2.75) is 65.8 Å². The lowest BCUT2D eigenvalue weighted by Gasteiger charge is -2.22. The van der Waals surface area contributed by atoms with Crippen molar-refractivity contribution >= 4 is 18.6 Å². The van der Waals surface area contributed by atoms with E-state index in [1.54, 1.807) is 0 Å². The van der Waals surface area contributed by atoms with Gasteiger partial charge >= 0.3 is 18.6 Å². The Balaban J connectivity index is 3.99. The lowest BCUT2D eigenvalue weighted by atomic mass is 10.5. The van der Waals surface area contributed by atoms with Crippen LogP contribution in [0.1, 0.15) is 41.5 Å². The summed E-state index contributed by atoms with van der Waals surface area (Å²) >= 11 is 0. The van der Waals surface area contributed by atoms with Crippen LogP contribution in [0.3, 0.4) is 0 Å². The van der Waals surface area contributed by atoms with Gasteiger partial charge in [0.05, 0.1) is 0 Å². The third kappa shape index (κ3) is 8.16. The molecule has 0 aromatic rings. The average molecular weight is 248 g/mol. The molecule has 3 nitrogen and oxygen atoms in total. The minimum Gasteiger partial charge on any atom is -0.413 e. The first kappa shape index (κ1) is 15.3. The maximum Gasteiger partial charge on any atom is 0.375 e. The first-order valence-electron chi connectivity index (χ1n) is 5.72. The molecular weight excluding hydrogens is 224 g/mol. The molecule has 0 spiro atoms. The van der Waals surface area contributed by atoms with E-state index >= 15 is 0 Å². The standard InChI is InChI=1S/C10H24O3Si2/c1-7-14(11-9(3)4)13-15(8-2)12-10(5)6/h9-10H,7-8H2,1-6H3. The van der Waals surface area contributed by atoms with Crippen LogP contribution in [0.5, 0.6) is 0 Å². The van der Waals surface area contributed by atoms with Gasteiger partial charge in [0.25, 0.3) is 0 Å². The van der Waals surface area contributed by atoms with Crippen LogP contribution in [0.2, 0.25) is 12.1 Å². The maximum atomic E-state index is 5.93. The van der Waals surface area contributed by atoms with Crippen LogP contribution in [0.4, 0.5) is 0 Å². The van der Waals surface area contributed by atoms with Crippen LogP contribution in [0, 0.1) is 0 Å². The molecule has 0 aromatic heterocycles. The van der Waals surface area contributed by atoms with Gasteiger partial charge in [0.15, 0.2) is 0 Å². The lowest BCUT2D eigenvalue weighted by Crippen LogP contribution is -2.36. The van der Waals surface area contributed by atoms with E-state index in [0.717, 1.165) is 12.1 Å². The predicted molar refractivity (Wildman–Crippen MR) is 66.0 cm³/mol. The summed E-state index contributed by atoms with van der Waals surface area (Å²) < 4.78 is 17.4. The van der Waals surface area contributed by atoms with E-state index in [1.807, 2.05) is 27.7 Å². The predicted octanol–water partition coefficient (Wildman–Crippen LogP) is 2.87. The number of hydrogen-bond donors (Lipinski definition) is 0. The van der Waals surface area contributed by atoms with Crippen LogP contribution >= 0.6 is 0 Å². The number of rotatable bonds is 8. The van der Waals surface area contributed by atoms with Gasteiger partial charge in [0.1, 0.15) is 0 Å². The van der Waals surface area contributed by atoms with E-state index in [4.69, 9.17) is 13.0 Å². The molecule has 90 valence electrons. The highest BCUT2D eigenvalue weighted by Crippen LogP contribution is 2.08. The molecule has 0 aromatic carbocycles. The first-order valence-corrected chi connectivity index (χ1v) is 8.77. The molecule has 0 aliphatic carbocycles. The molecule has 2 radical (unpaired) electrons. The Bertz CT molecular complexity index is 138. The second-order valence-electron chi connectivity index (χ2n) is 3.89. The zero-order chi connectivity index (χ0) is 11.8. The van der Waals surface area contributed by atoms with E-state index in [0.29, 0.717) is 0 Å². The molecular formula is C10H24O3Si2. The molecule has 0 heterocycles. The fourth-order valence-electron chi connectivity index (χ4n) is 1.01. The topological polar surface area (TPSA) is 27.7 Å². The van der Waals surface area contributed by atoms with Crippen LogP contribution in [0.25, 0.3) is 0 Å². The smallest absolute Gasteiger partial charge is 0.375 e. The van der Waals surface area contributed by atoms with Crippen LogP contribution in [-0.2, 0) is 13.0 Å². The molecule has 0 aliphatic rings. The van der Waals surface area contributed by atoms with E-state index < -0.39 is 18.6 Å². The summed E-state index contributed by atoms with van der Waals surface area (Å²) in [5, 5.41) is 0. The minimum atomic E-state index is -1.12. The Labute approximate surface area is 97.8 Å². The van der Waals surface area contributed by atoms with Crippen molar-refractivity contribution in [3.8, 4) is 0 Å². The third-order valence-corrected chi connectivity index (χ3v) is 5.98. The Morgan fingerprint density at radius 2 is 1.13 bits per heavy atom. The maximum absolute atomic E-state index is 5.93. The molecule has 0 unspecified atom stereocenters. The fraction of sp³-hybridized carbons (Fsp3) is 1.00. The van der Waals surface area contributed by atoms with Gasteiger partial charge in [-0.05, 0) is 39.8 Å². The molecule has 0 fully saturated rings. The third-order valence-electron chi connectivity index (χ3n) is 1.54. The fourth-order valence-corrected chi connectivity index (χ4v) is 4.95. The summed E-state index contributed by atoms with van der Waals surface area (Å²) in [6.07, 6.45) is 0.496. The van der Waals surface area contributed by atoms with Crippen molar-refractivity contribution in [1.29, 1.82) is 0 Å². The molecule has 0 saturated carbocycles. The Morgan fingerprint density at radius 1 is 0.800 bits per heavy atom. The summed E-state index contributed by atoms with van der Waals surface area (Å²) in [6, 6.07) is 1.94. The zero-order valence-electron chi connectivity index (χ0n) is 10.8.